The van der Waals surface area contributed by atoms with Gasteiger partial charge in [-0.3, -0.25) is 0 Å². The largest absolute Gasteiger partial charge is 0.303 e. The molecule has 0 aliphatic rings. The molecule has 0 amide bonds. The Morgan fingerprint density at radius 2 is 1.92 bits per heavy atom. The standard InChI is InChI=1S/C10H11N3/c1-13(2)12-8-10-5-3-9(7-11)4-6-10/h3-6,8H,1-2H3/b12-8+. The molecule has 13 heavy (non-hydrogen) atoms. The molecule has 0 heterocycles. The van der Waals surface area contributed by atoms with Crippen LogP contribution in [0.4, 0.5) is 0 Å². The van der Waals surface area contributed by atoms with Crippen LogP contribution in [0.1, 0.15) is 11.1 Å². The van der Waals surface area contributed by atoms with Crippen molar-refractivity contribution in [3.63, 3.8) is 0 Å². The van der Waals surface area contributed by atoms with Crippen molar-refractivity contribution in [1.29, 1.82) is 5.26 Å². The molecule has 1 rings (SSSR count). The minimum Gasteiger partial charge on any atom is -0.303 e. The quantitative estimate of drug-likeness (QED) is 0.501. The number of hydrogen-bond acceptors (Lipinski definition) is 3. The highest BCUT2D eigenvalue weighted by Crippen LogP contribution is 2.00. The lowest BCUT2D eigenvalue weighted by molar-refractivity contribution is 0.440. The first-order valence-corrected chi connectivity index (χ1v) is 3.94. The van der Waals surface area contributed by atoms with Crippen molar-refractivity contribution in [2.75, 3.05) is 14.1 Å². The summed E-state index contributed by atoms with van der Waals surface area (Å²) in [6.07, 6.45) is 1.75. The first-order valence-electron chi connectivity index (χ1n) is 3.94. The maximum absolute atomic E-state index is 8.55. The van der Waals surface area contributed by atoms with Crippen LogP contribution in [0.3, 0.4) is 0 Å². The first-order chi connectivity index (χ1) is 6.22. The summed E-state index contributed by atoms with van der Waals surface area (Å²) in [7, 11) is 3.72. The van der Waals surface area contributed by atoms with Crippen molar-refractivity contribution in [2.45, 2.75) is 0 Å². The van der Waals surface area contributed by atoms with Crippen LogP contribution in [0.5, 0.6) is 0 Å². The molecule has 0 radical (unpaired) electrons. The van der Waals surface area contributed by atoms with Crippen LogP contribution in [0.25, 0.3) is 0 Å². The minimum absolute atomic E-state index is 0.669. The number of benzene rings is 1. The van der Waals surface area contributed by atoms with Gasteiger partial charge in [-0.05, 0) is 17.7 Å². The molecule has 0 aliphatic heterocycles. The van der Waals surface area contributed by atoms with E-state index in [1.54, 1.807) is 23.4 Å². The van der Waals surface area contributed by atoms with Gasteiger partial charge >= 0.3 is 0 Å². The topological polar surface area (TPSA) is 39.4 Å². The highest BCUT2D eigenvalue weighted by Gasteiger charge is 1.89. The summed E-state index contributed by atoms with van der Waals surface area (Å²) in [5, 5.41) is 14.4. The molecular weight excluding hydrogens is 162 g/mol. The fraction of sp³-hybridized carbons (Fsp3) is 0.200. The lowest BCUT2D eigenvalue weighted by Crippen LogP contribution is -2.01. The lowest BCUT2D eigenvalue weighted by atomic mass is 10.2. The van der Waals surface area contributed by atoms with Gasteiger partial charge in [-0.2, -0.15) is 10.4 Å². The van der Waals surface area contributed by atoms with E-state index in [4.69, 9.17) is 5.26 Å². The molecule has 3 heteroatoms. The summed E-state index contributed by atoms with van der Waals surface area (Å²) < 4.78 is 0. The third-order valence-corrected chi connectivity index (χ3v) is 1.48. The Balaban J connectivity index is 2.76. The van der Waals surface area contributed by atoms with Crippen LogP contribution >= 0.6 is 0 Å². The number of hydrogen-bond donors (Lipinski definition) is 0. The number of hydrazone groups is 1. The highest BCUT2D eigenvalue weighted by molar-refractivity contribution is 5.79. The summed E-state index contributed by atoms with van der Waals surface area (Å²) in [4.78, 5) is 0. The Bertz CT molecular complexity index is 330. The van der Waals surface area contributed by atoms with Gasteiger partial charge < -0.3 is 5.01 Å². The zero-order valence-electron chi connectivity index (χ0n) is 7.73. The molecule has 0 atom stereocenters. The molecular formula is C10H11N3. The predicted molar refractivity (Wildman–Crippen MR) is 52.4 cm³/mol. The fourth-order valence-corrected chi connectivity index (χ4v) is 0.826. The zero-order valence-corrected chi connectivity index (χ0v) is 7.73. The van der Waals surface area contributed by atoms with E-state index in [0.29, 0.717) is 5.56 Å². The van der Waals surface area contributed by atoms with Gasteiger partial charge in [0, 0.05) is 14.1 Å². The van der Waals surface area contributed by atoms with Crippen LogP contribution in [-0.2, 0) is 0 Å². The normalized spacial score (nSPS) is 9.92. The molecule has 0 N–H and O–H groups in total. The summed E-state index contributed by atoms with van der Waals surface area (Å²) in [6.45, 7) is 0. The third kappa shape index (κ3) is 2.96. The number of rotatable bonds is 2. The molecule has 0 aliphatic carbocycles. The number of nitriles is 1. The van der Waals surface area contributed by atoms with Crippen molar-refractivity contribution in [1.82, 2.24) is 5.01 Å². The second-order valence-corrected chi connectivity index (χ2v) is 2.83. The molecule has 0 unspecified atom stereocenters. The van der Waals surface area contributed by atoms with Crippen molar-refractivity contribution >= 4 is 6.21 Å². The molecule has 66 valence electrons. The molecule has 0 bridgehead atoms. The van der Waals surface area contributed by atoms with Crippen molar-refractivity contribution in [3.05, 3.63) is 35.4 Å². The molecule has 3 nitrogen and oxygen atoms in total. The van der Waals surface area contributed by atoms with E-state index in [9.17, 15) is 0 Å². The molecule has 0 fully saturated rings. The molecule has 0 saturated carbocycles. The van der Waals surface area contributed by atoms with E-state index >= 15 is 0 Å². The van der Waals surface area contributed by atoms with E-state index in [-0.39, 0.29) is 0 Å². The fourth-order valence-electron chi connectivity index (χ4n) is 0.826. The molecule has 0 saturated heterocycles. The van der Waals surface area contributed by atoms with E-state index in [1.165, 1.54) is 0 Å². The van der Waals surface area contributed by atoms with Gasteiger partial charge in [-0.25, -0.2) is 0 Å². The summed E-state index contributed by atoms with van der Waals surface area (Å²) in [6, 6.07) is 9.35. The predicted octanol–water partition coefficient (Wildman–Crippen LogP) is 1.45. The molecule has 1 aromatic rings. The Morgan fingerprint density at radius 3 is 2.38 bits per heavy atom. The van der Waals surface area contributed by atoms with Crippen LogP contribution < -0.4 is 0 Å². The summed E-state index contributed by atoms with van der Waals surface area (Å²) in [5.41, 5.74) is 1.66. The third-order valence-electron chi connectivity index (χ3n) is 1.48. The SMILES string of the molecule is CN(C)/N=C/c1ccc(C#N)cc1. The Morgan fingerprint density at radius 1 is 1.31 bits per heavy atom. The van der Waals surface area contributed by atoms with E-state index in [1.807, 2.05) is 26.2 Å². The molecule has 0 aromatic heterocycles. The van der Waals surface area contributed by atoms with Crippen LogP contribution in [0, 0.1) is 11.3 Å². The number of nitrogens with zero attached hydrogens (tertiary/aromatic N) is 3. The Hall–Kier alpha value is -1.82. The van der Waals surface area contributed by atoms with E-state index < -0.39 is 0 Å². The van der Waals surface area contributed by atoms with Crippen LogP contribution in [-0.4, -0.2) is 25.3 Å². The van der Waals surface area contributed by atoms with Gasteiger partial charge in [-0.15, -0.1) is 0 Å². The van der Waals surface area contributed by atoms with Gasteiger partial charge in [0.15, 0.2) is 0 Å². The van der Waals surface area contributed by atoms with Crippen molar-refractivity contribution in [3.8, 4) is 6.07 Å². The second-order valence-electron chi connectivity index (χ2n) is 2.83. The van der Waals surface area contributed by atoms with Gasteiger partial charge in [0.1, 0.15) is 0 Å². The Kier molecular flexibility index (Phi) is 3.04. The van der Waals surface area contributed by atoms with Crippen molar-refractivity contribution in [2.24, 2.45) is 5.10 Å². The maximum atomic E-state index is 8.55. The zero-order chi connectivity index (χ0) is 9.68. The van der Waals surface area contributed by atoms with Crippen molar-refractivity contribution < 1.29 is 0 Å². The van der Waals surface area contributed by atoms with E-state index in [2.05, 4.69) is 11.2 Å². The maximum Gasteiger partial charge on any atom is 0.0991 e. The smallest absolute Gasteiger partial charge is 0.0991 e. The van der Waals surface area contributed by atoms with E-state index in [0.717, 1.165) is 5.56 Å². The van der Waals surface area contributed by atoms with Crippen LogP contribution in [0.15, 0.2) is 29.4 Å². The van der Waals surface area contributed by atoms with Gasteiger partial charge in [0.2, 0.25) is 0 Å². The highest BCUT2D eigenvalue weighted by atomic mass is 15.4. The van der Waals surface area contributed by atoms with Gasteiger partial charge in [0.25, 0.3) is 0 Å². The minimum atomic E-state index is 0.669. The van der Waals surface area contributed by atoms with Gasteiger partial charge in [0.05, 0.1) is 17.8 Å². The van der Waals surface area contributed by atoms with Crippen LogP contribution in [0.2, 0.25) is 0 Å². The molecule has 0 spiro atoms. The lowest BCUT2D eigenvalue weighted by Gasteiger charge is -2.01. The van der Waals surface area contributed by atoms with Gasteiger partial charge in [-0.1, -0.05) is 12.1 Å². The second kappa shape index (κ2) is 4.27. The average molecular weight is 173 g/mol. The first kappa shape index (κ1) is 9.27. The average Bonchev–Trinajstić information content (AvgIpc) is 2.15. The molecule has 1 aromatic carbocycles. The Labute approximate surface area is 77.9 Å². The monoisotopic (exact) mass is 173 g/mol. The summed E-state index contributed by atoms with van der Waals surface area (Å²) >= 11 is 0. The summed E-state index contributed by atoms with van der Waals surface area (Å²) in [5.74, 6) is 0.